The first-order chi connectivity index (χ1) is 13.9. The first-order valence-electron chi connectivity index (χ1n) is 9.54. The molecular weight excluding hydrogens is 366 g/mol. The van der Waals surface area contributed by atoms with Crippen molar-refractivity contribution in [2.75, 3.05) is 14.1 Å². The van der Waals surface area contributed by atoms with Crippen molar-refractivity contribution in [3.63, 3.8) is 0 Å². The van der Waals surface area contributed by atoms with Gasteiger partial charge in [-0.05, 0) is 55.3 Å². The summed E-state index contributed by atoms with van der Waals surface area (Å²) >= 11 is 0. The van der Waals surface area contributed by atoms with E-state index < -0.39 is 11.9 Å². The van der Waals surface area contributed by atoms with E-state index >= 15 is 0 Å². The second kappa shape index (κ2) is 11.0. The zero-order valence-corrected chi connectivity index (χ0v) is 16.8. The fraction of sp³-hybridized carbons (Fsp3) is 0.250. The van der Waals surface area contributed by atoms with Gasteiger partial charge in [-0.25, -0.2) is 9.59 Å². The van der Waals surface area contributed by atoms with Crippen molar-refractivity contribution in [2.24, 2.45) is 0 Å². The number of benzene rings is 3. The average Bonchev–Trinajstić information content (AvgIpc) is 2.72. The number of hydrogen-bond acceptors (Lipinski definition) is 3. The van der Waals surface area contributed by atoms with Crippen LogP contribution in [0.3, 0.4) is 0 Å². The number of hydrogen-bond donors (Lipinski definition) is 2. The van der Waals surface area contributed by atoms with Crippen LogP contribution in [-0.4, -0.2) is 41.1 Å². The molecule has 2 N–H and O–H groups in total. The normalized spacial score (nSPS) is 11.6. The second-order valence-electron chi connectivity index (χ2n) is 7.03. The molecule has 5 heteroatoms. The standard InChI is InChI=1S/C22H25N.C2H2O4/c1-23(2)22(20-11-4-3-5-12-20)17-9-15-19-14-8-13-18-10-6-7-16-21(18)19;3-1(4)2(5)6/h3-8,10-14,16,22H,9,15,17H2,1-2H3;(H,3,4)(H,5,6). The fourth-order valence-electron chi connectivity index (χ4n) is 3.39. The van der Waals surface area contributed by atoms with Gasteiger partial charge in [0.25, 0.3) is 0 Å². The van der Waals surface area contributed by atoms with Gasteiger partial charge in [0, 0.05) is 6.04 Å². The van der Waals surface area contributed by atoms with Gasteiger partial charge in [0.05, 0.1) is 0 Å². The molecule has 5 nitrogen and oxygen atoms in total. The second-order valence-corrected chi connectivity index (χ2v) is 7.03. The van der Waals surface area contributed by atoms with E-state index in [9.17, 15) is 0 Å². The molecule has 152 valence electrons. The first kappa shape index (κ1) is 22.1. The van der Waals surface area contributed by atoms with E-state index in [0.29, 0.717) is 6.04 Å². The fourth-order valence-corrected chi connectivity index (χ4v) is 3.39. The highest BCUT2D eigenvalue weighted by Gasteiger charge is 2.13. The van der Waals surface area contributed by atoms with Crippen molar-refractivity contribution >= 4 is 22.7 Å². The summed E-state index contributed by atoms with van der Waals surface area (Å²) in [4.78, 5) is 20.5. The van der Waals surface area contributed by atoms with E-state index in [2.05, 4.69) is 91.8 Å². The zero-order valence-electron chi connectivity index (χ0n) is 16.8. The number of carboxylic acid groups (broad SMARTS) is 2. The van der Waals surface area contributed by atoms with Crippen LogP contribution in [0.5, 0.6) is 0 Å². The van der Waals surface area contributed by atoms with Gasteiger partial charge in [0.15, 0.2) is 0 Å². The summed E-state index contributed by atoms with van der Waals surface area (Å²) in [5.74, 6) is -3.65. The van der Waals surface area contributed by atoms with E-state index in [1.807, 2.05) is 0 Å². The lowest BCUT2D eigenvalue weighted by Crippen LogP contribution is -2.20. The first-order valence-corrected chi connectivity index (χ1v) is 9.54. The quantitative estimate of drug-likeness (QED) is 0.598. The Balaban J connectivity index is 0.000000438. The number of rotatable bonds is 6. The Morgan fingerprint density at radius 2 is 1.41 bits per heavy atom. The van der Waals surface area contributed by atoms with Crippen molar-refractivity contribution in [3.05, 3.63) is 83.9 Å². The van der Waals surface area contributed by atoms with Gasteiger partial charge in [-0.2, -0.15) is 0 Å². The van der Waals surface area contributed by atoms with E-state index in [1.54, 1.807) is 0 Å². The predicted octanol–water partition coefficient (Wildman–Crippen LogP) is 4.62. The molecule has 3 aromatic carbocycles. The molecule has 3 rings (SSSR count). The Kier molecular flexibility index (Phi) is 8.37. The number of aliphatic carboxylic acids is 2. The van der Waals surface area contributed by atoms with Gasteiger partial charge in [0.1, 0.15) is 0 Å². The number of fused-ring (bicyclic) bond motifs is 1. The summed E-state index contributed by atoms with van der Waals surface area (Å²) in [6.07, 6.45) is 3.52. The van der Waals surface area contributed by atoms with E-state index in [4.69, 9.17) is 19.8 Å². The van der Waals surface area contributed by atoms with Crippen LogP contribution < -0.4 is 0 Å². The molecule has 0 aliphatic carbocycles. The van der Waals surface area contributed by atoms with Crippen molar-refractivity contribution in [1.82, 2.24) is 4.90 Å². The third-order valence-electron chi connectivity index (χ3n) is 4.79. The Hall–Kier alpha value is -3.18. The summed E-state index contributed by atoms with van der Waals surface area (Å²) in [6, 6.07) is 26.7. The minimum Gasteiger partial charge on any atom is -0.473 e. The molecule has 0 fully saturated rings. The van der Waals surface area contributed by atoms with Crippen LogP contribution in [0, 0.1) is 0 Å². The van der Waals surface area contributed by atoms with Crippen molar-refractivity contribution in [1.29, 1.82) is 0 Å². The van der Waals surface area contributed by atoms with Gasteiger partial charge in [0.2, 0.25) is 0 Å². The van der Waals surface area contributed by atoms with Crippen LogP contribution in [-0.2, 0) is 16.0 Å². The maximum atomic E-state index is 9.10. The lowest BCUT2D eigenvalue weighted by Gasteiger charge is -2.25. The highest BCUT2D eigenvalue weighted by molar-refractivity contribution is 6.27. The molecule has 0 radical (unpaired) electrons. The monoisotopic (exact) mass is 393 g/mol. The minimum absolute atomic E-state index is 0.492. The summed E-state index contributed by atoms with van der Waals surface area (Å²) in [5.41, 5.74) is 2.88. The highest BCUT2D eigenvalue weighted by Crippen LogP contribution is 2.26. The number of aryl methyl sites for hydroxylation is 1. The molecule has 0 aliphatic heterocycles. The van der Waals surface area contributed by atoms with Crippen LogP contribution in [0.4, 0.5) is 0 Å². The van der Waals surface area contributed by atoms with Crippen LogP contribution in [0.25, 0.3) is 10.8 Å². The molecule has 0 amide bonds. The number of carboxylic acids is 2. The molecule has 0 bridgehead atoms. The largest absolute Gasteiger partial charge is 0.473 e. The van der Waals surface area contributed by atoms with Crippen molar-refractivity contribution in [2.45, 2.75) is 25.3 Å². The maximum Gasteiger partial charge on any atom is 0.414 e. The summed E-state index contributed by atoms with van der Waals surface area (Å²) in [6.45, 7) is 0. The number of carbonyl (C=O) groups is 2. The molecule has 0 saturated heterocycles. The Bertz CT molecular complexity index is 921. The van der Waals surface area contributed by atoms with E-state index in [1.165, 1.54) is 34.7 Å². The maximum absolute atomic E-state index is 9.10. The average molecular weight is 393 g/mol. The van der Waals surface area contributed by atoms with Crippen molar-refractivity contribution < 1.29 is 19.8 Å². The van der Waals surface area contributed by atoms with Crippen LogP contribution in [0.1, 0.15) is 30.0 Å². The molecule has 0 aliphatic rings. The Morgan fingerprint density at radius 3 is 2.03 bits per heavy atom. The molecule has 0 spiro atoms. The number of nitrogens with zero attached hydrogens (tertiary/aromatic N) is 1. The molecule has 1 unspecified atom stereocenters. The van der Waals surface area contributed by atoms with Gasteiger partial charge in [-0.1, -0.05) is 72.8 Å². The van der Waals surface area contributed by atoms with Crippen LogP contribution in [0.15, 0.2) is 72.8 Å². The van der Waals surface area contributed by atoms with E-state index in [-0.39, 0.29) is 0 Å². The smallest absolute Gasteiger partial charge is 0.414 e. The predicted molar refractivity (Wildman–Crippen MR) is 115 cm³/mol. The van der Waals surface area contributed by atoms with Gasteiger partial charge in [-0.15, -0.1) is 0 Å². The van der Waals surface area contributed by atoms with Crippen molar-refractivity contribution in [3.8, 4) is 0 Å². The third-order valence-corrected chi connectivity index (χ3v) is 4.79. The van der Waals surface area contributed by atoms with Gasteiger partial charge in [-0.3, -0.25) is 0 Å². The molecule has 0 heterocycles. The van der Waals surface area contributed by atoms with Crippen LogP contribution in [0.2, 0.25) is 0 Å². The van der Waals surface area contributed by atoms with E-state index in [0.717, 1.165) is 6.42 Å². The molecule has 3 aromatic rings. The Morgan fingerprint density at radius 1 is 0.828 bits per heavy atom. The summed E-state index contributed by atoms with van der Waals surface area (Å²) < 4.78 is 0. The topological polar surface area (TPSA) is 77.8 Å². The molecule has 1 atom stereocenters. The third kappa shape index (κ3) is 6.73. The summed E-state index contributed by atoms with van der Waals surface area (Å²) in [7, 11) is 4.35. The Labute approximate surface area is 171 Å². The highest BCUT2D eigenvalue weighted by atomic mass is 16.4. The molecular formula is C24H27NO4. The molecule has 0 aromatic heterocycles. The molecule has 0 saturated carbocycles. The summed E-state index contributed by atoms with van der Waals surface area (Å²) in [5, 5.41) is 17.5. The van der Waals surface area contributed by atoms with Gasteiger partial charge < -0.3 is 15.1 Å². The lowest BCUT2D eigenvalue weighted by molar-refractivity contribution is -0.159. The van der Waals surface area contributed by atoms with Crippen LogP contribution >= 0.6 is 0 Å². The van der Waals surface area contributed by atoms with Gasteiger partial charge >= 0.3 is 11.9 Å². The molecule has 29 heavy (non-hydrogen) atoms. The minimum atomic E-state index is -1.82. The SMILES string of the molecule is CN(C)C(CCCc1cccc2ccccc12)c1ccccc1.O=C(O)C(=O)O. The lowest BCUT2D eigenvalue weighted by atomic mass is 9.96. The zero-order chi connectivity index (χ0) is 21.2.